The minimum absolute atomic E-state index is 0.186. The van der Waals surface area contributed by atoms with Crippen LogP contribution < -0.4 is 14.9 Å². The Hall–Kier alpha value is -4.20. The number of hydrogen-bond acceptors (Lipinski definition) is 6. The molecule has 1 aliphatic rings. The van der Waals surface area contributed by atoms with E-state index in [4.69, 9.17) is 9.47 Å². The minimum atomic E-state index is -0.540. The Labute approximate surface area is 191 Å². The summed E-state index contributed by atoms with van der Waals surface area (Å²) in [6.45, 7) is 0. The topological polar surface area (TPSA) is 103 Å². The monoisotopic (exact) mass is 445 g/mol. The molecule has 0 aromatic heterocycles. The van der Waals surface area contributed by atoms with Gasteiger partial charge in [0, 0.05) is 5.41 Å². The van der Waals surface area contributed by atoms with Gasteiger partial charge in [0.25, 0.3) is 5.69 Å². The molecular formula is C25H23N3O5. The van der Waals surface area contributed by atoms with Crippen molar-refractivity contribution in [2.24, 2.45) is 11.0 Å². The molecule has 1 aliphatic carbocycles. The Kier molecular flexibility index (Phi) is 6.08. The van der Waals surface area contributed by atoms with Crippen LogP contribution in [0.25, 0.3) is 0 Å². The minimum Gasteiger partial charge on any atom is -0.493 e. The summed E-state index contributed by atoms with van der Waals surface area (Å²) in [6.07, 6.45) is 1.89. The van der Waals surface area contributed by atoms with Gasteiger partial charge in [0.15, 0.2) is 11.5 Å². The molecule has 3 aromatic carbocycles. The fraction of sp³-hybridized carbons (Fsp3) is 0.200. The van der Waals surface area contributed by atoms with Crippen molar-refractivity contribution >= 4 is 17.8 Å². The Balaban J connectivity index is 1.57. The molecule has 8 heteroatoms. The molecule has 0 radical (unpaired) electrons. The number of nitro benzene ring substituents is 1. The van der Waals surface area contributed by atoms with Gasteiger partial charge < -0.3 is 9.47 Å². The van der Waals surface area contributed by atoms with Gasteiger partial charge in [0.1, 0.15) is 0 Å². The number of amides is 1. The third-order valence-corrected chi connectivity index (χ3v) is 5.96. The van der Waals surface area contributed by atoms with Crippen LogP contribution in [-0.2, 0) is 10.2 Å². The summed E-state index contributed by atoms with van der Waals surface area (Å²) in [5.41, 5.74) is 4.25. The Bertz CT molecular complexity index is 1160. The number of hydrogen-bond donors (Lipinski definition) is 1. The van der Waals surface area contributed by atoms with Crippen LogP contribution in [0.5, 0.6) is 11.5 Å². The van der Waals surface area contributed by atoms with Crippen molar-refractivity contribution in [2.75, 3.05) is 14.2 Å². The lowest BCUT2D eigenvalue weighted by molar-refractivity contribution is -0.385. The summed E-state index contributed by atoms with van der Waals surface area (Å²) in [5, 5.41) is 15.5. The molecule has 0 heterocycles. The number of carbonyl (C=O) groups is 1. The van der Waals surface area contributed by atoms with Gasteiger partial charge in [-0.25, -0.2) is 5.43 Å². The van der Waals surface area contributed by atoms with Crippen LogP contribution in [0.4, 0.5) is 5.69 Å². The molecule has 168 valence electrons. The highest BCUT2D eigenvalue weighted by Gasteiger charge is 2.60. The maximum Gasteiger partial charge on any atom is 0.282 e. The van der Waals surface area contributed by atoms with Crippen molar-refractivity contribution in [2.45, 2.75) is 11.8 Å². The number of ether oxygens (including phenoxy) is 2. The average molecular weight is 445 g/mol. The lowest BCUT2D eigenvalue weighted by Gasteiger charge is -2.18. The highest BCUT2D eigenvalue weighted by molar-refractivity contribution is 5.90. The van der Waals surface area contributed by atoms with Crippen LogP contribution >= 0.6 is 0 Å². The number of nitro groups is 1. The SMILES string of the molecule is COc1cc(C=NNC(=O)[C@H]2CC2(c2ccccc2)c2ccccc2)c([N+](=O)[O-])cc1OC. The molecular weight excluding hydrogens is 422 g/mol. The van der Waals surface area contributed by atoms with Crippen LogP contribution in [0.1, 0.15) is 23.1 Å². The van der Waals surface area contributed by atoms with Crippen molar-refractivity contribution < 1.29 is 19.2 Å². The number of methoxy groups -OCH3 is 2. The lowest BCUT2D eigenvalue weighted by atomic mass is 9.85. The highest BCUT2D eigenvalue weighted by Crippen LogP contribution is 2.58. The summed E-state index contributed by atoms with van der Waals surface area (Å²) in [4.78, 5) is 23.9. The van der Waals surface area contributed by atoms with Crippen LogP contribution in [-0.4, -0.2) is 31.3 Å². The van der Waals surface area contributed by atoms with Gasteiger partial charge in [-0.3, -0.25) is 14.9 Å². The molecule has 0 spiro atoms. The number of nitrogens with zero attached hydrogens (tertiary/aromatic N) is 2. The maximum absolute atomic E-state index is 13.0. The van der Waals surface area contributed by atoms with E-state index < -0.39 is 10.3 Å². The first-order valence-corrected chi connectivity index (χ1v) is 10.4. The van der Waals surface area contributed by atoms with E-state index in [0.717, 1.165) is 11.1 Å². The molecule has 1 amide bonds. The number of hydrazone groups is 1. The standard InChI is InChI=1S/C25H23N3O5/c1-32-22-13-17(21(28(30)31)14-23(22)33-2)16-26-27-24(29)20-15-25(20,18-9-5-3-6-10-18)19-11-7-4-8-12-19/h3-14,16,20H,15H2,1-2H3,(H,27,29)/t20-/m1/s1. The van der Waals surface area contributed by atoms with E-state index in [1.165, 1.54) is 32.6 Å². The lowest BCUT2D eigenvalue weighted by Crippen LogP contribution is -2.25. The Morgan fingerprint density at radius 3 is 2.09 bits per heavy atom. The van der Waals surface area contributed by atoms with E-state index in [2.05, 4.69) is 10.5 Å². The summed E-state index contributed by atoms with van der Waals surface area (Å²) in [7, 11) is 2.84. The zero-order valence-electron chi connectivity index (χ0n) is 18.2. The van der Waals surface area contributed by atoms with Gasteiger partial charge in [0.05, 0.1) is 42.9 Å². The normalized spacial score (nSPS) is 16.2. The van der Waals surface area contributed by atoms with Crippen molar-refractivity contribution in [1.82, 2.24) is 5.43 Å². The molecule has 3 aromatic rings. The van der Waals surface area contributed by atoms with E-state index in [1.54, 1.807) is 0 Å². The molecule has 4 rings (SSSR count). The maximum atomic E-state index is 13.0. The summed E-state index contributed by atoms with van der Waals surface area (Å²) in [6, 6.07) is 22.5. The molecule has 0 unspecified atom stereocenters. The van der Waals surface area contributed by atoms with Crippen molar-refractivity contribution in [3.63, 3.8) is 0 Å². The smallest absolute Gasteiger partial charge is 0.282 e. The number of rotatable bonds is 8. The summed E-state index contributed by atoms with van der Waals surface area (Å²) >= 11 is 0. The van der Waals surface area contributed by atoms with Gasteiger partial charge in [-0.2, -0.15) is 5.10 Å². The van der Waals surface area contributed by atoms with Crippen LogP contribution in [0.15, 0.2) is 77.9 Å². The van der Waals surface area contributed by atoms with Crippen LogP contribution in [0.3, 0.4) is 0 Å². The van der Waals surface area contributed by atoms with E-state index in [-0.39, 0.29) is 28.8 Å². The average Bonchev–Trinajstić information content (AvgIpc) is 3.62. The van der Waals surface area contributed by atoms with E-state index in [1.807, 2.05) is 60.7 Å². The fourth-order valence-electron chi connectivity index (χ4n) is 4.24. The zero-order valence-corrected chi connectivity index (χ0v) is 18.2. The first-order chi connectivity index (χ1) is 16.0. The first-order valence-electron chi connectivity index (χ1n) is 10.4. The quantitative estimate of drug-likeness (QED) is 0.320. The largest absolute Gasteiger partial charge is 0.493 e. The van der Waals surface area contributed by atoms with E-state index in [9.17, 15) is 14.9 Å². The predicted molar refractivity (Wildman–Crippen MR) is 124 cm³/mol. The third-order valence-electron chi connectivity index (χ3n) is 5.96. The van der Waals surface area contributed by atoms with E-state index in [0.29, 0.717) is 12.2 Å². The third kappa shape index (κ3) is 4.15. The highest BCUT2D eigenvalue weighted by atomic mass is 16.6. The molecule has 1 fully saturated rings. The first kappa shape index (κ1) is 22.0. The molecule has 33 heavy (non-hydrogen) atoms. The van der Waals surface area contributed by atoms with Crippen molar-refractivity contribution in [1.29, 1.82) is 0 Å². The molecule has 1 atom stereocenters. The summed E-state index contributed by atoms with van der Waals surface area (Å²) < 4.78 is 10.3. The number of benzene rings is 3. The fourth-order valence-corrected chi connectivity index (χ4v) is 4.24. The van der Waals surface area contributed by atoms with Gasteiger partial charge >= 0.3 is 0 Å². The van der Waals surface area contributed by atoms with Crippen molar-refractivity contribution in [3.8, 4) is 11.5 Å². The van der Waals surface area contributed by atoms with Crippen LogP contribution in [0.2, 0.25) is 0 Å². The second kappa shape index (κ2) is 9.12. The second-order valence-electron chi connectivity index (χ2n) is 7.72. The second-order valence-corrected chi connectivity index (χ2v) is 7.72. The molecule has 8 nitrogen and oxygen atoms in total. The Morgan fingerprint density at radius 2 is 1.58 bits per heavy atom. The molecule has 1 N–H and O–H groups in total. The van der Waals surface area contributed by atoms with Gasteiger partial charge in [0.2, 0.25) is 5.91 Å². The summed E-state index contributed by atoms with van der Waals surface area (Å²) in [5.74, 6) is 0.00559. The molecule has 0 saturated heterocycles. The molecule has 0 aliphatic heterocycles. The Morgan fingerprint density at radius 1 is 1.03 bits per heavy atom. The number of nitrogens with one attached hydrogen (secondary N) is 1. The van der Waals surface area contributed by atoms with E-state index >= 15 is 0 Å². The van der Waals surface area contributed by atoms with Gasteiger partial charge in [-0.15, -0.1) is 0 Å². The van der Waals surface area contributed by atoms with Gasteiger partial charge in [-0.05, 0) is 23.6 Å². The van der Waals surface area contributed by atoms with Gasteiger partial charge in [-0.1, -0.05) is 60.7 Å². The zero-order chi connectivity index (χ0) is 23.4. The molecule has 0 bridgehead atoms. The predicted octanol–water partition coefficient (Wildman–Crippen LogP) is 4.07. The molecule has 1 saturated carbocycles. The number of carbonyl (C=O) groups excluding carboxylic acids is 1. The van der Waals surface area contributed by atoms with Crippen LogP contribution in [0, 0.1) is 16.0 Å². The van der Waals surface area contributed by atoms with Crippen molar-refractivity contribution in [3.05, 3.63) is 99.6 Å².